The van der Waals surface area contributed by atoms with Gasteiger partial charge in [0.25, 0.3) is 5.91 Å². The Morgan fingerprint density at radius 1 is 1.24 bits per heavy atom. The number of hydrogen-bond acceptors (Lipinski definition) is 4. The number of amides is 1. The van der Waals surface area contributed by atoms with Gasteiger partial charge < -0.3 is 10.6 Å². The number of hydrogen-bond donors (Lipinski definition) is 2. The Balaban J connectivity index is 1.76. The van der Waals surface area contributed by atoms with Crippen LogP contribution in [0.4, 0.5) is 5.82 Å². The molecule has 0 bridgehead atoms. The summed E-state index contributed by atoms with van der Waals surface area (Å²) in [5.41, 5.74) is 1.90. The minimum absolute atomic E-state index is 0.164. The number of carbonyl (C=O) groups is 1. The minimum Gasteiger partial charge on any atom is -0.368 e. The summed E-state index contributed by atoms with van der Waals surface area (Å²) in [5, 5.41) is 6.04. The molecule has 21 heavy (non-hydrogen) atoms. The quantitative estimate of drug-likeness (QED) is 0.757. The molecule has 0 aromatic carbocycles. The van der Waals surface area contributed by atoms with Crippen molar-refractivity contribution in [2.75, 3.05) is 18.4 Å². The second kappa shape index (κ2) is 8.39. The van der Waals surface area contributed by atoms with Crippen LogP contribution in [-0.4, -0.2) is 29.0 Å². The van der Waals surface area contributed by atoms with Gasteiger partial charge in [0.05, 0.1) is 12.4 Å². The number of carbonyl (C=O) groups excluding carboxylic acids is 1. The fourth-order valence-corrected chi connectivity index (χ4v) is 2.35. The van der Waals surface area contributed by atoms with Gasteiger partial charge in [0.1, 0.15) is 11.5 Å². The van der Waals surface area contributed by atoms with E-state index in [-0.39, 0.29) is 5.91 Å². The summed E-state index contributed by atoms with van der Waals surface area (Å²) >= 11 is 0. The summed E-state index contributed by atoms with van der Waals surface area (Å²) in [7, 11) is 0. The van der Waals surface area contributed by atoms with E-state index < -0.39 is 0 Å². The molecule has 0 unspecified atom stereocenters. The highest BCUT2D eigenvalue weighted by Gasteiger charge is 2.07. The molecule has 1 amide bonds. The molecule has 5 heteroatoms. The van der Waals surface area contributed by atoms with Crippen molar-refractivity contribution in [2.45, 2.75) is 45.4 Å². The molecule has 0 saturated carbocycles. The van der Waals surface area contributed by atoms with E-state index in [0.717, 1.165) is 25.2 Å². The molecular weight excluding hydrogens is 264 g/mol. The molecule has 2 N–H and O–H groups in total. The molecule has 0 aliphatic heterocycles. The van der Waals surface area contributed by atoms with Crippen LogP contribution >= 0.6 is 0 Å². The zero-order valence-electron chi connectivity index (χ0n) is 12.7. The van der Waals surface area contributed by atoms with Crippen LogP contribution in [0.5, 0.6) is 0 Å². The van der Waals surface area contributed by atoms with Gasteiger partial charge in [0, 0.05) is 13.1 Å². The molecular formula is C16H24N4O. The van der Waals surface area contributed by atoms with Gasteiger partial charge in [-0.25, -0.2) is 9.97 Å². The highest BCUT2D eigenvalue weighted by Crippen LogP contribution is 2.19. The summed E-state index contributed by atoms with van der Waals surface area (Å²) in [4.78, 5) is 20.1. The number of rotatable bonds is 7. The third-order valence-electron chi connectivity index (χ3n) is 3.56. The number of aromatic nitrogens is 2. The van der Waals surface area contributed by atoms with E-state index in [1.807, 2.05) is 6.92 Å². The molecule has 1 aliphatic rings. The number of allylic oxidation sites excluding steroid dienone is 1. The van der Waals surface area contributed by atoms with Crippen LogP contribution in [0.1, 0.15) is 55.9 Å². The average Bonchev–Trinajstić information content (AvgIpc) is 2.54. The van der Waals surface area contributed by atoms with Crippen molar-refractivity contribution in [3.8, 4) is 0 Å². The molecule has 0 saturated heterocycles. The van der Waals surface area contributed by atoms with Crippen molar-refractivity contribution in [1.29, 1.82) is 0 Å². The lowest BCUT2D eigenvalue weighted by Gasteiger charge is -2.13. The largest absolute Gasteiger partial charge is 0.368 e. The lowest BCUT2D eigenvalue weighted by atomic mass is 9.97. The van der Waals surface area contributed by atoms with Crippen LogP contribution in [0.3, 0.4) is 0 Å². The van der Waals surface area contributed by atoms with E-state index in [1.165, 1.54) is 37.5 Å². The molecule has 1 aromatic rings. The standard InChI is InChI=1S/C16H24N4O/c1-2-9-18-16(21)14-11-20-15(12-19-14)17-10-8-13-6-4-3-5-7-13/h6,11-12H,2-5,7-10H2,1H3,(H,17,20)(H,18,21). The summed E-state index contributed by atoms with van der Waals surface area (Å²) in [6.45, 7) is 3.54. The van der Waals surface area contributed by atoms with Crippen LogP contribution in [0.2, 0.25) is 0 Å². The van der Waals surface area contributed by atoms with Crippen molar-refractivity contribution < 1.29 is 4.79 Å². The van der Waals surface area contributed by atoms with E-state index >= 15 is 0 Å². The number of nitrogens with zero attached hydrogens (tertiary/aromatic N) is 2. The third-order valence-corrected chi connectivity index (χ3v) is 3.56. The Morgan fingerprint density at radius 3 is 2.81 bits per heavy atom. The fourth-order valence-electron chi connectivity index (χ4n) is 2.35. The average molecular weight is 288 g/mol. The lowest BCUT2D eigenvalue weighted by molar-refractivity contribution is 0.0948. The van der Waals surface area contributed by atoms with Crippen molar-refractivity contribution in [3.05, 3.63) is 29.7 Å². The van der Waals surface area contributed by atoms with E-state index in [2.05, 4.69) is 26.7 Å². The van der Waals surface area contributed by atoms with Crippen LogP contribution in [0.25, 0.3) is 0 Å². The maximum atomic E-state index is 11.7. The Morgan fingerprint density at radius 2 is 2.14 bits per heavy atom. The number of nitrogens with one attached hydrogen (secondary N) is 2. The Bertz CT molecular complexity index is 482. The van der Waals surface area contributed by atoms with Gasteiger partial charge >= 0.3 is 0 Å². The Labute approximate surface area is 126 Å². The molecule has 1 aromatic heterocycles. The van der Waals surface area contributed by atoms with Gasteiger partial charge in [-0.15, -0.1) is 0 Å². The molecule has 0 spiro atoms. The molecule has 0 atom stereocenters. The number of anilines is 1. The van der Waals surface area contributed by atoms with Gasteiger partial charge in [0.2, 0.25) is 0 Å². The third kappa shape index (κ3) is 5.17. The molecule has 1 heterocycles. The highest BCUT2D eigenvalue weighted by molar-refractivity contribution is 5.91. The first kappa shape index (κ1) is 15.5. The predicted octanol–water partition coefficient (Wildman–Crippen LogP) is 2.92. The fraction of sp³-hybridized carbons (Fsp3) is 0.562. The first-order valence-electron chi connectivity index (χ1n) is 7.81. The lowest BCUT2D eigenvalue weighted by Crippen LogP contribution is -2.25. The zero-order valence-corrected chi connectivity index (χ0v) is 12.7. The van der Waals surface area contributed by atoms with E-state index in [4.69, 9.17) is 0 Å². The van der Waals surface area contributed by atoms with Crippen molar-refractivity contribution in [1.82, 2.24) is 15.3 Å². The van der Waals surface area contributed by atoms with Gasteiger partial charge in [0.15, 0.2) is 0 Å². The van der Waals surface area contributed by atoms with Crippen molar-refractivity contribution >= 4 is 11.7 Å². The molecule has 0 fully saturated rings. The molecule has 2 rings (SSSR count). The van der Waals surface area contributed by atoms with Gasteiger partial charge in [-0.3, -0.25) is 4.79 Å². The van der Waals surface area contributed by atoms with E-state index in [1.54, 1.807) is 6.20 Å². The molecule has 0 radical (unpaired) electrons. The van der Waals surface area contributed by atoms with Gasteiger partial charge in [-0.2, -0.15) is 0 Å². The second-order valence-electron chi connectivity index (χ2n) is 5.33. The monoisotopic (exact) mass is 288 g/mol. The van der Waals surface area contributed by atoms with Gasteiger partial charge in [-0.1, -0.05) is 18.6 Å². The Kier molecular flexibility index (Phi) is 6.19. The van der Waals surface area contributed by atoms with E-state index in [9.17, 15) is 4.79 Å². The van der Waals surface area contributed by atoms with Crippen molar-refractivity contribution in [3.63, 3.8) is 0 Å². The maximum absolute atomic E-state index is 11.7. The summed E-state index contributed by atoms with van der Waals surface area (Å²) in [5.74, 6) is 0.557. The van der Waals surface area contributed by atoms with Crippen molar-refractivity contribution in [2.24, 2.45) is 0 Å². The summed E-state index contributed by atoms with van der Waals surface area (Å²) < 4.78 is 0. The predicted molar refractivity (Wildman–Crippen MR) is 84.3 cm³/mol. The highest BCUT2D eigenvalue weighted by atomic mass is 16.1. The van der Waals surface area contributed by atoms with Crippen LogP contribution in [0.15, 0.2) is 24.0 Å². The topological polar surface area (TPSA) is 66.9 Å². The SMILES string of the molecule is CCCNC(=O)c1cnc(NCCC2=CCCCC2)cn1. The maximum Gasteiger partial charge on any atom is 0.271 e. The minimum atomic E-state index is -0.164. The van der Waals surface area contributed by atoms with Crippen LogP contribution in [0, 0.1) is 0 Å². The van der Waals surface area contributed by atoms with Crippen LogP contribution in [-0.2, 0) is 0 Å². The van der Waals surface area contributed by atoms with E-state index in [0.29, 0.717) is 12.2 Å². The summed E-state index contributed by atoms with van der Waals surface area (Å²) in [6, 6.07) is 0. The molecule has 1 aliphatic carbocycles. The van der Waals surface area contributed by atoms with Crippen LogP contribution < -0.4 is 10.6 Å². The zero-order chi connectivity index (χ0) is 14.9. The molecule has 5 nitrogen and oxygen atoms in total. The first-order valence-corrected chi connectivity index (χ1v) is 7.81. The molecule has 114 valence electrons. The Hall–Kier alpha value is -1.91. The first-order chi connectivity index (χ1) is 10.3. The second-order valence-corrected chi connectivity index (χ2v) is 5.33. The normalized spacial score (nSPS) is 14.4. The summed E-state index contributed by atoms with van der Waals surface area (Å²) in [6.07, 6.45) is 12.5. The smallest absolute Gasteiger partial charge is 0.271 e. The van der Waals surface area contributed by atoms with Gasteiger partial charge in [-0.05, 0) is 38.5 Å².